The number of rotatable bonds is 4. The van der Waals surface area contributed by atoms with E-state index in [4.69, 9.17) is 4.84 Å². The Morgan fingerprint density at radius 1 is 0.962 bits per heavy atom. The molecule has 0 saturated carbocycles. The van der Waals surface area contributed by atoms with E-state index >= 15 is 0 Å². The fraction of sp³-hybridized carbons (Fsp3) is 0.0588. The maximum Gasteiger partial charge on any atom is 0.337 e. The number of nitrogens with zero attached hydrogens (tertiary/aromatic N) is 5. The molecule has 3 aromatic rings. The quantitative estimate of drug-likeness (QED) is 0.646. The standard InChI is InChI=1S/C17H11N5O4/c23-15(9-11-5-7-12(8-6-11)21-10-18-19-20-21)26-22-16(24)13-3-1-2-4-14(13)17(22)25/h1-8,10H,9H2. The molecule has 9 heteroatoms. The van der Waals surface area contributed by atoms with Crippen LogP contribution in [0.15, 0.2) is 54.9 Å². The SMILES string of the molecule is O=C(Cc1ccc(-n2cnnn2)cc1)ON1C(=O)c2ccccc2C1=O. The highest BCUT2D eigenvalue weighted by Gasteiger charge is 2.38. The molecule has 0 saturated heterocycles. The molecule has 4 rings (SSSR count). The molecule has 1 aliphatic rings. The second-order valence-corrected chi connectivity index (χ2v) is 5.51. The van der Waals surface area contributed by atoms with Gasteiger partial charge in [0.15, 0.2) is 0 Å². The fourth-order valence-corrected chi connectivity index (χ4v) is 2.60. The van der Waals surface area contributed by atoms with Crippen LogP contribution in [-0.4, -0.2) is 43.1 Å². The molecule has 0 spiro atoms. The Bertz CT molecular complexity index is 963. The smallest absolute Gasteiger partial charge is 0.329 e. The molecule has 26 heavy (non-hydrogen) atoms. The summed E-state index contributed by atoms with van der Waals surface area (Å²) < 4.78 is 1.47. The first-order chi connectivity index (χ1) is 12.6. The third kappa shape index (κ3) is 2.71. The van der Waals surface area contributed by atoms with Crippen molar-refractivity contribution in [2.24, 2.45) is 0 Å². The number of carbonyl (C=O) groups excluding carboxylic acids is 3. The van der Waals surface area contributed by atoms with Gasteiger partial charge < -0.3 is 4.84 Å². The lowest BCUT2D eigenvalue weighted by molar-refractivity contribution is -0.167. The van der Waals surface area contributed by atoms with Crippen LogP contribution in [0.25, 0.3) is 5.69 Å². The van der Waals surface area contributed by atoms with Crippen LogP contribution in [-0.2, 0) is 16.1 Å². The van der Waals surface area contributed by atoms with Crippen LogP contribution >= 0.6 is 0 Å². The van der Waals surface area contributed by atoms with Crippen molar-refractivity contribution in [3.63, 3.8) is 0 Å². The highest BCUT2D eigenvalue weighted by atomic mass is 16.7. The summed E-state index contributed by atoms with van der Waals surface area (Å²) in [5.74, 6) is -2.00. The van der Waals surface area contributed by atoms with Crippen molar-refractivity contribution in [1.82, 2.24) is 25.3 Å². The van der Waals surface area contributed by atoms with Crippen molar-refractivity contribution in [3.8, 4) is 5.69 Å². The van der Waals surface area contributed by atoms with E-state index in [2.05, 4.69) is 15.5 Å². The normalized spacial score (nSPS) is 13.0. The molecule has 0 radical (unpaired) electrons. The first kappa shape index (κ1) is 15.6. The van der Waals surface area contributed by atoms with Crippen LogP contribution in [0.5, 0.6) is 0 Å². The average molecular weight is 349 g/mol. The second kappa shape index (κ2) is 6.20. The van der Waals surface area contributed by atoms with Crippen molar-refractivity contribution < 1.29 is 19.2 Å². The highest BCUT2D eigenvalue weighted by Crippen LogP contribution is 2.23. The molecule has 9 nitrogen and oxygen atoms in total. The predicted octanol–water partition coefficient (Wildman–Crippen LogP) is 0.959. The Balaban J connectivity index is 1.43. The molecule has 1 aliphatic heterocycles. The van der Waals surface area contributed by atoms with Crippen LogP contribution < -0.4 is 0 Å². The lowest BCUT2D eigenvalue weighted by atomic mass is 10.1. The van der Waals surface area contributed by atoms with Gasteiger partial charge >= 0.3 is 5.97 Å². The van der Waals surface area contributed by atoms with E-state index < -0.39 is 17.8 Å². The molecule has 2 aromatic carbocycles. The maximum atomic E-state index is 12.2. The first-order valence-electron chi connectivity index (χ1n) is 7.64. The van der Waals surface area contributed by atoms with Gasteiger partial charge in [0.1, 0.15) is 6.33 Å². The molecule has 0 unspecified atom stereocenters. The lowest BCUT2D eigenvalue weighted by Crippen LogP contribution is -2.33. The zero-order chi connectivity index (χ0) is 18.1. The molecule has 0 atom stereocenters. The first-order valence-corrected chi connectivity index (χ1v) is 7.64. The Morgan fingerprint density at radius 3 is 2.19 bits per heavy atom. The molecule has 0 aliphatic carbocycles. The minimum atomic E-state index is -0.713. The number of benzene rings is 2. The van der Waals surface area contributed by atoms with Gasteiger partial charge in [-0.1, -0.05) is 29.3 Å². The Kier molecular flexibility index (Phi) is 3.73. The van der Waals surface area contributed by atoms with E-state index in [0.29, 0.717) is 10.6 Å². The number of tetrazole rings is 1. The van der Waals surface area contributed by atoms with E-state index in [1.165, 1.54) is 23.1 Å². The zero-order valence-electron chi connectivity index (χ0n) is 13.3. The number of fused-ring (bicyclic) bond motifs is 1. The van der Waals surface area contributed by atoms with Gasteiger partial charge in [0.2, 0.25) is 0 Å². The summed E-state index contributed by atoms with van der Waals surface area (Å²) in [6.45, 7) is 0. The van der Waals surface area contributed by atoms with Crippen molar-refractivity contribution in [2.75, 3.05) is 0 Å². The summed E-state index contributed by atoms with van der Waals surface area (Å²) in [6.07, 6.45) is 1.36. The Hall–Kier alpha value is -3.88. The summed E-state index contributed by atoms with van der Waals surface area (Å²) in [6, 6.07) is 13.2. The maximum absolute atomic E-state index is 12.2. The van der Waals surface area contributed by atoms with Gasteiger partial charge in [-0.25, -0.2) is 9.48 Å². The largest absolute Gasteiger partial charge is 0.337 e. The second-order valence-electron chi connectivity index (χ2n) is 5.51. The van der Waals surface area contributed by atoms with Gasteiger partial charge in [-0.15, -0.1) is 5.10 Å². The molecule has 0 bridgehead atoms. The molecule has 2 amide bonds. The van der Waals surface area contributed by atoms with Gasteiger partial charge in [-0.3, -0.25) is 9.59 Å². The van der Waals surface area contributed by atoms with Crippen LogP contribution in [0.2, 0.25) is 0 Å². The van der Waals surface area contributed by atoms with Crippen LogP contribution in [0.1, 0.15) is 26.3 Å². The van der Waals surface area contributed by atoms with Crippen molar-refractivity contribution in [2.45, 2.75) is 6.42 Å². The third-order valence-corrected chi connectivity index (χ3v) is 3.85. The number of hydroxylamine groups is 2. The van der Waals surface area contributed by atoms with Crippen molar-refractivity contribution in [3.05, 3.63) is 71.5 Å². The van der Waals surface area contributed by atoms with Crippen LogP contribution in [0.4, 0.5) is 0 Å². The van der Waals surface area contributed by atoms with Gasteiger partial charge in [0.05, 0.1) is 23.2 Å². The molecule has 2 heterocycles. The van der Waals surface area contributed by atoms with Gasteiger partial charge in [0, 0.05) is 0 Å². The number of imide groups is 1. The van der Waals surface area contributed by atoms with Gasteiger partial charge in [0.25, 0.3) is 11.8 Å². The van der Waals surface area contributed by atoms with E-state index in [1.54, 1.807) is 36.4 Å². The summed E-state index contributed by atoms with van der Waals surface area (Å²) in [5, 5.41) is 11.4. The molecule has 128 valence electrons. The predicted molar refractivity (Wildman–Crippen MR) is 85.9 cm³/mol. The molecular formula is C17H11N5O4. The zero-order valence-corrected chi connectivity index (χ0v) is 13.3. The Morgan fingerprint density at radius 2 is 1.62 bits per heavy atom. The molecule has 0 N–H and O–H groups in total. The third-order valence-electron chi connectivity index (χ3n) is 3.85. The topological polar surface area (TPSA) is 107 Å². The molecule has 0 fully saturated rings. The number of hydrogen-bond donors (Lipinski definition) is 0. The monoisotopic (exact) mass is 349 g/mol. The van der Waals surface area contributed by atoms with E-state index in [1.807, 2.05) is 0 Å². The fourth-order valence-electron chi connectivity index (χ4n) is 2.60. The highest BCUT2D eigenvalue weighted by molar-refractivity contribution is 6.20. The summed E-state index contributed by atoms with van der Waals surface area (Å²) in [7, 11) is 0. The summed E-state index contributed by atoms with van der Waals surface area (Å²) in [5.41, 5.74) is 1.82. The molecular weight excluding hydrogens is 338 g/mol. The van der Waals surface area contributed by atoms with E-state index in [9.17, 15) is 14.4 Å². The minimum Gasteiger partial charge on any atom is -0.329 e. The van der Waals surface area contributed by atoms with Gasteiger partial charge in [-0.05, 0) is 40.3 Å². The summed E-state index contributed by atoms with van der Waals surface area (Å²) in [4.78, 5) is 41.5. The van der Waals surface area contributed by atoms with Gasteiger partial charge in [-0.2, -0.15) is 0 Å². The van der Waals surface area contributed by atoms with Crippen molar-refractivity contribution in [1.29, 1.82) is 0 Å². The lowest BCUT2D eigenvalue weighted by Gasteiger charge is -2.12. The number of aromatic nitrogens is 4. The Labute approximate surface area is 146 Å². The number of carbonyl (C=O) groups is 3. The number of amides is 2. The number of hydrogen-bond acceptors (Lipinski definition) is 7. The van der Waals surface area contributed by atoms with Crippen LogP contribution in [0.3, 0.4) is 0 Å². The van der Waals surface area contributed by atoms with Crippen molar-refractivity contribution >= 4 is 17.8 Å². The van der Waals surface area contributed by atoms with E-state index in [0.717, 1.165) is 5.69 Å². The van der Waals surface area contributed by atoms with E-state index in [-0.39, 0.29) is 17.5 Å². The minimum absolute atomic E-state index is 0.0940. The molecule has 1 aromatic heterocycles. The summed E-state index contributed by atoms with van der Waals surface area (Å²) >= 11 is 0. The van der Waals surface area contributed by atoms with Crippen LogP contribution in [0, 0.1) is 0 Å². The average Bonchev–Trinajstić information content (AvgIpc) is 3.27.